The van der Waals surface area contributed by atoms with Crippen LogP contribution in [0.1, 0.15) is 27.1 Å². The summed E-state index contributed by atoms with van der Waals surface area (Å²) in [7, 11) is 4.25. The van der Waals surface area contributed by atoms with Gasteiger partial charge in [0.15, 0.2) is 0 Å². The van der Waals surface area contributed by atoms with Crippen LogP contribution in [-0.2, 0) is 0 Å². The lowest BCUT2D eigenvalue weighted by atomic mass is 9.99. The maximum atomic E-state index is 13.7. The zero-order chi connectivity index (χ0) is 26.9. The highest BCUT2D eigenvalue weighted by Gasteiger charge is 2.40. The molecule has 6 rings (SSSR count). The number of rotatable bonds is 5. The van der Waals surface area contributed by atoms with E-state index in [0.717, 1.165) is 35.5 Å². The van der Waals surface area contributed by atoms with E-state index < -0.39 is 0 Å². The summed E-state index contributed by atoms with van der Waals surface area (Å²) in [6, 6.07) is 33.6. The number of para-hydroxylation sites is 2. The molecule has 1 N–H and O–H groups in total. The van der Waals surface area contributed by atoms with E-state index in [4.69, 9.17) is 0 Å². The van der Waals surface area contributed by atoms with Crippen molar-refractivity contribution in [3.8, 4) is 11.1 Å². The molecule has 204 valence electrons. The van der Waals surface area contributed by atoms with E-state index in [1.807, 2.05) is 77.7 Å². The van der Waals surface area contributed by atoms with Gasteiger partial charge < -0.3 is 20.0 Å². The first kappa shape index (κ1) is 27.4. The third-order valence-electron chi connectivity index (χ3n) is 7.89. The van der Waals surface area contributed by atoms with Crippen LogP contribution in [0.3, 0.4) is 0 Å². The van der Waals surface area contributed by atoms with Crippen LogP contribution in [0.15, 0.2) is 103 Å². The molecule has 0 spiro atoms. The topological polar surface area (TPSA) is 55.9 Å². The molecule has 2 aliphatic heterocycles. The zero-order valence-electron chi connectivity index (χ0n) is 22.7. The van der Waals surface area contributed by atoms with Crippen LogP contribution < -0.4 is 15.1 Å². The summed E-state index contributed by atoms with van der Waals surface area (Å²) < 4.78 is 0. The summed E-state index contributed by atoms with van der Waals surface area (Å²) in [5.74, 6) is -0.210. The summed E-state index contributed by atoms with van der Waals surface area (Å²) in [6.07, 6.45) is 1.03. The third-order valence-corrected chi connectivity index (χ3v) is 7.89. The maximum absolute atomic E-state index is 13.7. The summed E-state index contributed by atoms with van der Waals surface area (Å²) in [5.41, 5.74) is 5.79. The van der Waals surface area contributed by atoms with E-state index in [9.17, 15) is 9.59 Å². The largest absolute Gasteiger partial charge is 0.363 e. The zero-order valence-corrected chi connectivity index (χ0v) is 23.5. The Morgan fingerprint density at radius 2 is 1.43 bits per heavy atom. The van der Waals surface area contributed by atoms with Crippen molar-refractivity contribution in [2.75, 3.05) is 42.3 Å². The van der Waals surface area contributed by atoms with E-state index in [0.29, 0.717) is 35.4 Å². The normalized spacial score (nSPS) is 17.6. The molecule has 2 aliphatic rings. The van der Waals surface area contributed by atoms with Crippen molar-refractivity contribution in [1.82, 2.24) is 4.90 Å². The SMILES string of the molecule is CN(C)C1C[C@H]2CN(C(=O)c3ccc(NC(=O)c4ccccc4-c4ccccc4)cc3)c3ccccc3N2C1.Cl. The van der Waals surface area contributed by atoms with E-state index >= 15 is 0 Å². The smallest absolute Gasteiger partial charge is 0.258 e. The number of likely N-dealkylation sites (N-methyl/N-ethyl adjacent to an activating group) is 1. The number of carbonyl (C=O) groups is 2. The lowest BCUT2D eigenvalue weighted by Gasteiger charge is -2.40. The van der Waals surface area contributed by atoms with Gasteiger partial charge in [-0.3, -0.25) is 9.59 Å². The number of hydrogen-bond acceptors (Lipinski definition) is 4. The molecule has 0 bridgehead atoms. The minimum atomic E-state index is -0.185. The molecular formula is C33H33ClN4O2. The number of halogens is 1. The third kappa shape index (κ3) is 5.20. The molecule has 1 saturated heterocycles. The van der Waals surface area contributed by atoms with Gasteiger partial charge in [0.2, 0.25) is 0 Å². The van der Waals surface area contributed by atoms with Crippen LogP contribution in [0.25, 0.3) is 11.1 Å². The molecule has 4 aromatic rings. The first-order chi connectivity index (χ1) is 19.0. The highest BCUT2D eigenvalue weighted by Crippen LogP contribution is 2.40. The van der Waals surface area contributed by atoms with Crippen molar-refractivity contribution in [2.45, 2.75) is 18.5 Å². The average Bonchev–Trinajstić information content (AvgIpc) is 3.42. The molecule has 0 aromatic heterocycles. The average molecular weight is 553 g/mol. The first-order valence-corrected chi connectivity index (χ1v) is 13.4. The van der Waals surface area contributed by atoms with Crippen LogP contribution in [0.5, 0.6) is 0 Å². The molecule has 6 nitrogen and oxygen atoms in total. The maximum Gasteiger partial charge on any atom is 0.258 e. The minimum Gasteiger partial charge on any atom is -0.363 e. The predicted octanol–water partition coefficient (Wildman–Crippen LogP) is 6.20. The van der Waals surface area contributed by atoms with Gasteiger partial charge in [-0.1, -0.05) is 60.7 Å². The van der Waals surface area contributed by atoms with Gasteiger partial charge in [-0.05, 0) is 74.1 Å². The Labute approximate surface area is 241 Å². The van der Waals surface area contributed by atoms with Crippen LogP contribution >= 0.6 is 12.4 Å². The van der Waals surface area contributed by atoms with Gasteiger partial charge in [-0.2, -0.15) is 0 Å². The van der Waals surface area contributed by atoms with Gasteiger partial charge in [-0.25, -0.2) is 0 Å². The molecule has 0 saturated carbocycles. The number of amides is 2. The van der Waals surface area contributed by atoms with E-state index in [-0.39, 0.29) is 24.2 Å². The van der Waals surface area contributed by atoms with Gasteiger partial charge >= 0.3 is 0 Å². The number of benzene rings is 4. The summed E-state index contributed by atoms with van der Waals surface area (Å²) >= 11 is 0. The number of fused-ring (bicyclic) bond motifs is 3. The highest BCUT2D eigenvalue weighted by molar-refractivity contribution is 6.10. The van der Waals surface area contributed by atoms with E-state index in [1.165, 1.54) is 0 Å². The molecule has 1 fully saturated rings. The highest BCUT2D eigenvalue weighted by atomic mass is 35.5. The Morgan fingerprint density at radius 1 is 0.775 bits per heavy atom. The van der Waals surface area contributed by atoms with Crippen molar-refractivity contribution in [2.24, 2.45) is 0 Å². The molecule has 4 aromatic carbocycles. The fraction of sp³-hybridized carbons (Fsp3) is 0.212. The second kappa shape index (κ2) is 11.5. The molecule has 7 heteroatoms. The van der Waals surface area contributed by atoms with Crippen LogP contribution in [0.2, 0.25) is 0 Å². The molecule has 0 radical (unpaired) electrons. The van der Waals surface area contributed by atoms with E-state index in [2.05, 4.69) is 35.3 Å². The van der Waals surface area contributed by atoms with Crippen LogP contribution in [0, 0.1) is 0 Å². The molecule has 0 aliphatic carbocycles. The van der Waals surface area contributed by atoms with Crippen molar-refractivity contribution in [3.63, 3.8) is 0 Å². The quantitative estimate of drug-likeness (QED) is 0.320. The standard InChI is InChI=1S/C33H32N4O2.ClH/c1-35(2)26-20-27-22-37(31-15-9-8-14-30(31)36(27)21-26)33(39)24-16-18-25(19-17-24)34-32(38)29-13-7-6-12-28(29)23-10-4-3-5-11-23;/h3-19,26-27H,20-22H2,1-2H3,(H,34,38);1H/t26?,27-;/m0./s1. The minimum absolute atomic E-state index is 0. The Hall–Kier alpha value is -4.13. The van der Waals surface area contributed by atoms with Gasteiger partial charge in [0.1, 0.15) is 0 Å². The lowest BCUT2D eigenvalue weighted by Crippen LogP contribution is -2.48. The van der Waals surface area contributed by atoms with Crippen LogP contribution in [-0.4, -0.2) is 56.0 Å². The lowest BCUT2D eigenvalue weighted by molar-refractivity contribution is 0.0983. The van der Waals surface area contributed by atoms with Crippen molar-refractivity contribution in [3.05, 3.63) is 114 Å². The van der Waals surface area contributed by atoms with Gasteiger partial charge in [0.25, 0.3) is 11.8 Å². The predicted molar refractivity (Wildman–Crippen MR) is 165 cm³/mol. The molecule has 40 heavy (non-hydrogen) atoms. The molecule has 2 amide bonds. The second-order valence-corrected chi connectivity index (χ2v) is 10.5. The first-order valence-electron chi connectivity index (χ1n) is 13.4. The van der Waals surface area contributed by atoms with Crippen molar-refractivity contribution < 1.29 is 9.59 Å². The van der Waals surface area contributed by atoms with Crippen LogP contribution in [0.4, 0.5) is 17.1 Å². The second-order valence-electron chi connectivity index (χ2n) is 10.5. The fourth-order valence-electron chi connectivity index (χ4n) is 5.77. The molecular weight excluding hydrogens is 520 g/mol. The van der Waals surface area contributed by atoms with E-state index in [1.54, 1.807) is 24.3 Å². The van der Waals surface area contributed by atoms with Gasteiger partial charge in [0.05, 0.1) is 11.4 Å². The molecule has 1 unspecified atom stereocenters. The Balaban J connectivity index is 0.00000323. The number of carbonyl (C=O) groups excluding carboxylic acids is 2. The Bertz CT molecular complexity index is 1510. The summed E-state index contributed by atoms with van der Waals surface area (Å²) in [4.78, 5) is 33.6. The summed E-state index contributed by atoms with van der Waals surface area (Å²) in [5, 5.41) is 3.00. The number of hydrogen-bond donors (Lipinski definition) is 1. The van der Waals surface area contributed by atoms with Gasteiger partial charge in [0, 0.05) is 42.0 Å². The summed E-state index contributed by atoms with van der Waals surface area (Å²) in [6.45, 7) is 1.63. The van der Waals surface area contributed by atoms with Crippen molar-refractivity contribution >= 4 is 41.3 Å². The monoisotopic (exact) mass is 552 g/mol. The van der Waals surface area contributed by atoms with Gasteiger partial charge in [-0.15, -0.1) is 12.4 Å². The Kier molecular flexibility index (Phi) is 7.92. The number of anilines is 3. The molecule has 2 atom stereocenters. The van der Waals surface area contributed by atoms with Crippen molar-refractivity contribution in [1.29, 1.82) is 0 Å². The Morgan fingerprint density at radius 3 is 2.15 bits per heavy atom. The number of nitrogens with zero attached hydrogens (tertiary/aromatic N) is 3. The molecule has 2 heterocycles. The number of nitrogens with one attached hydrogen (secondary N) is 1. The fourth-order valence-corrected chi connectivity index (χ4v) is 5.77.